The minimum atomic E-state index is 0.651. The van der Waals surface area contributed by atoms with E-state index < -0.39 is 0 Å². The summed E-state index contributed by atoms with van der Waals surface area (Å²) in [6.45, 7) is 9.97. The Hall–Kier alpha value is -0.0800. The summed E-state index contributed by atoms with van der Waals surface area (Å²) >= 11 is 0. The lowest BCUT2D eigenvalue weighted by Crippen LogP contribution is -2.39. The van der Waals surface area contributed by atoms with Gasteiger partial charge >= 0.3 is 0 Å². The van der Waals surface area contributed by atoms with Crippen LogP contribution in [0.2, 0.25) is 0 Å². The van der Waals surface area contributed by atoms with Gasteiger partial charge in [0.05, 0.1) is 0 Å². The molecule has 0 aromatic carbocycles. The zero-order chi connectivity index (χ0) is 14.7. The zero-order valence-electron chi connectivity index (χ0n) is 14.3. The number of nitrogens with one attached hydrogen (secondary N) is 2. The summed E-state index contributed by atoms with van der Waals surface area (Å²) in [6.07, 6.45) is 10.2. The van der Waals surface area contributed by atoms with Gasteiger partial charge in [0.2, 0.25) is 0 Å². The molecule has 0 radical (unpaired) electrons. The molecule has 4 fully saturated rings. The standard InChI is InChI=1S/C19H34N2/c1-13(2)16-11-18(16)10-15(21-12-18)9-14(3)19-6-4-5-17(19)20-8-7-19/h13-17,20-21H,4-12H2,1-3H3. The number of hydrogen-bond acceptors (Lipinski definition) is 2. The first-order valence-electron chi connectivity index (χ1n) is 9.52. The molecular formula is C19H34N2. The van der Waals surface area contributed by atoms with Crippen LogP contribution in [0, 0.1) is 28.6 Å². The van der Waals surface area contributed by atoms with Crippen molar-refractivity contribution in [1.82, 2.24) is 10.6 Å². The molecule has 0 aromatic rings. The molecule has 6 atom stereocenters. The van der Waals surface area contributed by atoms with Gasteiger partial charge in [0.1, 0.15) is 0 Å². The highest BCUT2D eigenvalue weighted by Crippen LogP contribution is 2.62. The Bertz CT molecular complexity index is 394. The molecule has 2 nitrogen and oxygen atoms in total. The summed E-state index contributed by atoms with van der Waals surface area (Å²) in [6, 6.07) is 1.65. The number of hydrogen-bond donors (Lipinski definition) is 2. The Labute approximate surface area is 130 Å². The van der Waals surface area contributed by atoms with Crippen LogP contribution in [0.5, 0.6) is 0 Å². The molecule has 0 amide bonds. The molecule has 0 bridgehead atoms. The maximum absolute atomic E-state index is 3.90. The molecule has 4 aliphatic rings. The largest absolute Gasteiger partial charge is 0.313 e. The van der Waals surface area contributed by atoms with Crippen molar-refractivity contribution >= 4 is 0 Å². The van der Waals surface area contributed by atoms with Gasteiger partial charge in [-0.1, -0.05) is 27.2 Å². The van der Waals surface area contributed by atoms with E-state index in [4.69, 9.17) is 0 Å². The van der Waals surface area contributed by atoms with E-state index in [0.717, 1.165) is 29.8 Å². The lowest BCUT2D eigenvalue weighted by atomic mass is 9.69. The predicted octanol–water partition coefficient (Wildman–Crippen LogP) is 3.57. The summed E-state index contributed by atoms with van der Waals surface area (Å²) in [5, 5.41) is 7.70. The van der Waals surface area contributed by atoms with Crippen molar-refractivity contribution in [2.45, 2.75) is 77.8 Å². The van der Waals surface area contributed by atoms with E-state index in [9.17, 15) is 0 Å². The van der Waals surface area contributed by atoms with Crippen molar-refractivity contribution in [3.05, 3.63) is 0 Å². The molecule has 120 valence electrons. The van der Waals surface area contributed by atoms with Gasteiger partial charge in [-0.15, -0.1) is 0 Å². The van der Waals surface area contributed by atoms with Crippen LogP contribution < -0.4 is 10.6 Å². The predicted molar refractivity (Wildman–Crippen MR) is 88.3 cm³/mol. The Morgan fingerprint density at radius 1 is 1.10 bits per heavy atom. The fourth-order valence-electron chi connectivity index (χ4n) is 6.59. The van der Waals surface area contributed by atoms with E-state index in [-0.39, 0.29) is 0 Å². The van der Waals surface area contributed by atoms with E-state index >= 15 is 0 Å². The Kier molecular flexibility index (Phi) is 3.43. The SMILES string of the molecule is CC(C)C1CC12CNC(CC(C)C13CCCC1NCC3)C2. The second kappa shape index (κ2) is 4.96. The third kappa shape index (κ3) is 2.20. The lowest BCUT2D eigenvalue weighted by molar-refractivity contribution is 0.153. The third-order valence-electron chi connectivity index (χ3n) is 7.88. The molecule has 2 saturated carbocycles. The van der Waals surface area contributed by atoms with Gasteiger partial charge in [-0.2, -0.15) is 0 Å². The van der Waals surface area contributed by atoms with Gasteiger partial charge in [0.15, 0.2) is 0 Å². The second-order valence-corrected chi connectivity index (χ2v) is 9.22. The minimum Gasteiger partial charge on any atom is -0.313 e. The first kappa shape index (κ1) is 14.5. The Morgan fingerprint density at radius 2 is 1.95 bits per heavy atom. The van der Waals surface area contributed by atoms with Crippen LogP contribution in [0.3, 0.4) is 0 Å². The van der Waals surface area contributed by atoms with Crippen molar-refractivity contribution in [3.63, 3.8) is 0 Å². The summed E-state index contributed by atoms with van der Waals surface area (Å²) in [5.74, 6) is 2.79. The smallest absolute Gasteiger partial charge is 0.0126 e. The van der Waals surface area contributed by atoms with E-state index in [2.05, 4.69) is 31.4 Å². The highest BCUT2D eigenvalue weighted by atomic mass is 15.0. The minimum absolute atomic E-state index is 0.651. The molecule has 4 rings (SSSR count). The zero-order valence-corrected chi connectivity index (χ0v) is 14.3. The fraction of sp³-hybridized carbons (Fsp3) is 1.00. The number of fused-ring (bicyclic) bond motifs is 1. The fourth-order valence-corrected chi connectivity index (χ4v) is 6.59. The molecule has 6 unspecified atom stereocenters. The highest BCUT2D eigenvalue weighted by Gasteiger charge is 2.59. The number of rotatable bonds is 4. The molecule has 2 aliphatic heterocycles. The van der Waals surface area contributed by atoms with Gasteiger partial charge in [0, 0.05) is 18.6 Å². The highest BCUT2D eigenvalue weighted by molar-refractivity contribution is 5.11. The van der Waals surface area contributed by atoms with Gasteiger partial charge in [-0.25, -0.2) is 0 Å². The van der Waals surface area contributed by atoms with Gasteiger partial charge in [0.25, 0.3) is 0 Å². The van der Waals surface area contributed by atoms with E-state index in [1.807, 2.05) is 0 Å². The molecule has 2 N–H and O–H groups in total. The van der Waals surface area contributed by atoms with Gasteiger partial charge < -0.3 is 10.6 Å². The van der Waals surface area contributed by atoms with Crippen LogP contribution >= 0.6 is 0 Å². The summed E-state index contributed by atoms with van der Waals surface area (Å²) in [7, 11) is 0. The lowest BCUT2D eigenvalue weighted by Gasteiger charge is -2.37. The van der Waals surface area contributed by atoms with Crippen LogP contribution in [-0.2, 0) is 0 Å². The van der Waals surface area contributed by atoms with Crippen molar-refractivity contribution in [1.29, 1.82) is 0 Å². The van der Waals surface area contributed by atoms with Crippen molar-refractivity contribution in [2.75, 3.05) is 13.1 Å². The van der Waals surface area contributed by atoms with Crippen LogP contribution in [-0.4, -0.2) is 25.2 Å². The Balaban J connectivity index is 1.37. The topological polar surface area (TPSA) is 24.1 Å². The molecule has 0 aromatic heterocycles. The van der Waals surface area contributed by atoms with Crippen LogP contribution in [0.15, 0.2) is 0 Å². The third-order valence-corrected chi connectivity index (χ3v) is 7.88. The first-order chi connectivity index (χ1) is 10.1. The van der Waals surface area contributed by atoms with E-state index in [1.165, 1.54) is 58.0 Å². The normalized spacial score (nSPS) is 50.0. The van der Waals surface area contributed by atoms with Crippen LogP contribution in [0.1, 0.15) is 65.7 Å². The Morgan fingerprint density at radius 3 is 2.71 bits per heavy atom. The molecule has 21 heavy (non-hydrogen) atoms. The maximum Gasteiger partial charge on any atom is 0.0126 e. The summed E-state index contributed by atoms with van der Waals surface area (Å²) in [5.41, 5.74) is 1.36. The second-order valence-electron chi connectivity index (χ2n) is 9.22. The maximum atomic E-state index is 3.90. The van der Waals surface area contributed by atoms with E-state index in [1.54, 1.807) is 0 Å². The van der Waals surface area contributed by atoms with Crippen LogP contribution in [0.25, 0.3) is 0 Å². The molecule has 2 heteroatoms. The van der Waals surface area contributed by atoms with Gasteiger partial charge in [-0.3, -0.25) is 0 Å². The quantitative estimate of drug-likeness (QED) is 0.827. The van der Waals surface area contributed by atoms with Crippen molar-refractivity contribution < 1.29 is 0 Å². The van der Waals surface area contributed by atoms with Crippen molar-refractivity contribution in [3.8, 4) is 0 Å². The van der Waals surface area contributed by atoms with Crippen LogP contribution in [0.4, 0.5) is 0 Å². The average Bonchev–Trinajstić information content (AvgIpc) is 2.78. The molecule has 1 spiro atoms. The van der Waals surface area contributed by atoms with E-state index in [0.29, 0.717) is 10.8 Å². The van der Waals surface area contributed by atoms with Gasteiger partial charge in [-0.05, 0) is 73.7 Å². The molecule has 2 heterocycles. The van der Waals surface area contributed by atoms with Crippen molar-refractivity contribution in [2.24, 2.45) is 28.6 Å². The summed E-state index contributed by atoms with van der Waals surface area (Å²) < 4.78 is 0. The molecule has 2 saturated heterocycles. The average molecular weight is 290 g/mol. The summed E-state index contributed by atoms with van der Waals surface area (Å²) in [4.78, 5) is 0. The first-order valence-corrected chi connectivity index (χ1v) is 9.52. The monoisotopic (exact) mass is 290 g/mol. The molecule has 2 aliphatic carbocycles. The molecular weight excluding hydrogens is 256 g/mol.